The molecule has 4 rings (SSSR count). The second-order valence-corrected chi connectivity index (χ2v) is 6.91. The summed E-state index contributed by atoms with van der Waals surface area (Å²) < 4.78 is 6.87. The van der Waals surface area contributed by atoms with Crippen molar-refractivity contribution in [2.75, 3.05) is 5.43 Å². The molecule has 0 fully saturated rings. The molecular weight excluding hydrogens is 362 g/mol. The van der Waals surface area contributed by atoms with Gasteiger partial charge in [-0.3, -0.25) is 5.43 Å². The fourth-order valence-corrected chi connectivity index (χ4v) is 3.52. The molecule has 0 amide bonds. The molecule has 0 saturated carbocycles. The van der Waals surface area contributed by atoms with Crippen LogP contribution in [0.2, 0.25) is 0 Å². The second kappa shape index (κ2) is 7.05. The predicted molar refractivity (Wildman–Crippen MR) is 104 cm³/mol. The molecule has 27 heavy (non-hydrogen) atoms. The van der Waals surface area contributed by atoms with Gasteiger partial charge in [0.2, 0.25) is 5.13 Å². The number of hydrogen-bond acceptors (Lipinski definition) is 7. The Balaban J connectivity index is 1.49. The third kappa shape index (κ3) is 3.58. The number of fused-ring (bicyclic) bond motifs is 1. The summed E-state index contributed by atoms with van der Waals surface area (Å²) in [7, 11) is 0. The molecule has 1 N–H and O–H groups in total. The molecular formula is C20H14N3O3S-. The van der Waals surface area contributed by atoms with Gasteiger partial charge < -0.3 is 14.3 Å². The van der Waals surface area contributed by atoms with E-state index in [2.05, 4.69) is 15.5 Å². The van der Waals surface area contributed by atoms with E-state index >= 15 is 0 Å². The Hall–Kier alpha value is -3.45. The van der Waals surface area contributed by atoms with Gasteiger partial charge in [-0.2, -0.15) is 5.10 Å². The monoisotopic (exact) mass is 376 g/mol. The average Bonchev–Trinajstić information content (AvgIpc) is 3.28. The Bertz CT molecular complexity index is 1130. The molecule has 0 atom stereocenters. The van der Waals surface area contributed by atoms with Gasteiger partial charge in [0.05, 0.1) is 22.4 Å². The number of hydrazone groups is 1. The van der Waals surface area contributed by atoms with Gasteiger partial charge in [0.25, 0.3) is 0 Å². The molecule has 0 radical (unpaired) electrons. The van der Waals surface area contributed by atoms with Gasteiger partial charge in [-0.1, -0.05) is 35.6 Å². The highest BCUT2D eigenvalue weighted by atomic mass is 32.1. The summed E-state index contributed by atoms with van der Waals surface area (Å²) in [6, 6.07) is 16.3. The third-order valence-corrected chi connectivity index (χ3v) is 4.94. The van der Waals surface area contributed by atoms with Gasteiger partial charge >= 0.3 is 0 Å². The maximum atomic E-state index is 10.9. The number of furan rings is 1. The third-order valence-electron chi connectivity index (χ3n) is 4.00. The lowest BCUT2D eigenvalue weighted by atomic mass is 10.0. The topological polar surface area (TPSA) is 90.5 Å². The van der Waals surface area contributed by atoms with Gasteiger partial charge in [0, 0.05) is 5.56 Å². The SMILES string of the molecule is Cc1cc(C(=O)[O-])ccc1-c1ccc(/C=N/Nc2nc3ccccc3s2)o1. The van der Waals surface area contributed by atoms with Crippen LogP contribution < -0.4 is 10.5 Å². The molecule has 0 aliphatic carbocycles. The minimum atomic E-state index is -1.20. The molecule has 0 aliphatic rings. The number of rotatable bonds is 5. The summed E-state index contributed by atoms with van der Waals surface area (Å²) in [6.07, 6.45) is 1.57. The number of carbonyl (C=O) groups excluding carboxylic acids is 1. The Labute approximate surface area is 158 Å². The molecule has 0 unspecified atom stereocenters. The molecule has 4 aromatic rings. The summed E-state index contributed by atoms with van der Waals surface area (Å²) in [5, 5.41) is 15.8. The standard InChI is InChI=1S/C20H15N3O3S/c1-12-10-13(19(24)25)6-8-15(12)17-9-7-14(26-17)11-21-23-20-22-16-4-2-3-5-18(16)27-20/h2-11H,1H3,(H,22,23)(H,24,25)/p-1/b21-11+. The average molecular weight is 376 g/mol. The van der Waals surface area contributed by atoms with Crippen molar-refractivity contribution in [3.63, 3.8) is 0 Å². The van der Waals surface area contributed by atoms with Crippen molar-refractivity contribution in [2.24, 2.45) is 5.10 Å². The van der Waals surface area contributed by atoms with E-state index in [0.29, 0.717) is 16.7 Å². The lowest BCUT2D eigenvalue weighted by molar-refractivity contribution is -0.255. The van der Waals surface area contributed by atoms with Crippen LogP contribution in [0.3, 0.4) is 0 Å². The van der Waals surface area contributed by atoms with Crippen molar-refractivity contribution >= 4 is 38.9 Å². The smallest absolute Gasteiger partial charge is 0.204 e. The van der Waals surface area contributed by atoms with Gasteiger partial charge in [-0.25, -0.2) is 4.98 Å². The lowest BCUT2D eigenvalue weighted by Gasteiger charge is -2.07. The number of nitrogens with zero attached hydrogens (tertiary/aromatic N) is 2. The first kappa shape index (κ1) is 17.0. The van der Waals surface area contributed by atoms with E-state index in [4.69, 9.17) is 4.42 Å². The first-order valence-corrected chi connectivity index (χ1v) is 8.99. The Morgan fingerprint density at radius 3 is 2.85 bits per heavy atom. The zero-order chi connectivity index (χ0) is 18.8. The number of aromatic nitrogens is 1. The summed E-state index contributed by atoms with van der Waals surface area (Å²) in [5.41, 5.74) is 5.59. The van der Waals surface area contributed by atoms with Crippen LogP contribution in [0.15, 0.2) is 64.1 Å². The van der Waals surface area contributed by atoms with Crippen molar-refractivity contribution in [1.82, 2.24) is 4.98 Å². The molecule has 7 heteroatoms. The van der Waals surface area contributed by atoms with E-state index < -0.39 is 5.97 Å². The zero-order valence-corrected chi connectivity index (χ0v) is 15.1. The summed E-state index contributed by atoms with van der Waals surface area (Å²) >= 11 is 1.52. The van der Waals surface area contributed by atoms with Crippen molar-refractivity contribution in [1.29, 1.82) is 0 Å². The molecule has 0 spiro atoms. The molecule has 6 nitrogen and oxygen atoms in total. The number of aryl methyl sites for hydroxylation is 1. The Morgan fingerprint density at radius 2 is 2.07 bits per heavy atom. The van der Waals surface area contributed by atoms with Crippen LogP contribution in [0.5, 0.6) is 0 Å². The number of benzene rings is 2. The second-order valence-electron chi connectivity index (χ2n) is 5.88. The number of para-hydroxylation sites is 1. The highest BCUT2D eigenvalue weighted by molar-refractivity contribution is 7.22. The number of anilines is 1. The van der Waals surface area contributed by atoms with Gasteiger partial charge in [0.1, 0.15) is 11.5 Å². The highest BCUT2D eigenvalue weighted by Gasteiger charge is 2.08. The summed E-state index contributed by atoms with van der Waals surface area (Å²) in [6.45, 7) is 1.83. The van der Waals surface area contributed by atoms with Gasteiger partial charge in [-0.05, 0) is 48.4 Å². The molecule has 2 aromatic carbocycles. The van der Waals surface area contributed by atoms with Crippen molar-refractivity contribution < 1.29 is 14.3 Å². The molecule has 2 heterocycles. The van der Waals surface area contributed by atoms with Crippen molar-refractivity contribution in [3.05, 3.63) is 71.5 Å². The molecule has 2 aromatic heterocycles. The van der Waals surface area contributed by atoms with Crippen LogP contribution in [-0.4, -0.2) is 17.2 Å². The quantitative estimate of drug-likeness (QED) is 0.424. The van der Waals surface area contributed by atoms with Crippen LogP contribution in [0.25, 0.3) is 21.5 Å². The largest absolute Gasteiger partial charge is 0.545 e. The number of hydrogen-bond donors (Lipinski definition) is 1. The number of carbonyl (C=O) groups is 1. The van der Waals surface area contributed by atoms with Crippen LogP contribution >= 0.6 is 11.3 Å². The maximum Gasteiger partial charge on any atom is 0.204 e. The number of carboxylic acids is 1. The Kier molecular flexibility index (Phi) is 4.43. The van der Waals surface area contributed by atoms with E-state index in [1.54, 1.807) is 24.4 Å². The van der Waals surface area contributed by atoms with Crippen molar-refractivity contribution in [3.8, 4) is 11.3 Å². The summed E-state index contributed by atoms with van der Waals surface area (Å²) in [4.78, 5) is 15.4. The zero-order valence-electron chi connectivity index (χ0n) is 14.3. The molecule has 0 saturated heterocycles. The fraction of sp³-hybridized carbons (Fsp3) is 0.0500. The fourth-order valence-electron chi connectivity index (χ4n) is 2.71. The van der Waals surface area contributed by atoms with E-state index in [-0.39, 0.29) is 5.56 Å². The minimum Gasteiger partial charge on any atom is -0.545 e. The molecule has 0 bridgehead atoms. The van der Waals surface area contributed by atoms with Gasteiger partial charge in [0.15, 0.2) is 0 Å². The first-order chi connectivity index (χ1) is 13.1. The summed E-state index contributed by atoms with van der Waals surface area (Å²) in [5.74, 6) is 0.0127. The normalized spacial score (nSPS) is 11.3. The number of thiazole rings is 1. The lowest BCUT2D eigenvalue weighted by Crippen LogP contribution is -2.22. The van der Waals surface area contributed by atoms with E-state index in [0.717, 1.165) is 21.3 Å². The van der Waals surface area contributed by atoms with Crippen LogP contribution in [0.4, 0.5) is 5.13 Å². The van der Waals surface area contributed by atoms with Crippen molar-refractivity contribution in [2.45, 2.75) is 6.92 Å². The van der Waals surface area contributed by atoms with E-state index in [9.17, 15) is 9.90 Å². The number of nitrogens with one attached hydrogen (secondary N) is 1. The first-order valence-electron chi connectivity index (χ1n) is 8.17. The minimum absolute atomic E-state index is 0.143. The van der Waals surface area contributed by atoms with E-state index in [1.165, 1.54) is 17.4 Å². The molecule has 134 valence electrons. The predicted octanol–water partition coefficient (Wildman–Crippen LogP) is 3.67. The van der Waals surface area contributed by atoms with Crippen LogP contribution in [0, 0.1) is 6.92 Å². The number of carboxylic acid groups (broad SMARTS) is 1. The van der Waals surface area contributed by atoms with E-state index in [1.807, 2.05) is 37.3 Å². The highest BCUT2D eigenvalue weighted by Crippen LogP contribution is 2.27. The molecule has 0 aliphatic heterocycles. The number of aromatic carboxylic acids is 1. The van der Waals surface area contributed by atoms with Gasteiger partial charge in [-0.15, -0.1) is 0 Å². The van der Waals surface area contributed by atoms with Crippen LogP contribution in [-0.2, 0) is 0 Å². The Morgan fingerprint density at radius 1 is 1.22 bits per heavy atom. The maximum absolute atomic E-state index is 10.9. The van der Waals surface area contributed by atoms with Crippen LogP contribution in [0.1, 0.15) is 21.7 Å².